The van der Waals surface area contributed by atoms with Crippen LogP contribution in [0, 0.1) is 17.0 Å². The summed E-state index contributed by atoms with van der Waals surface area (Å²) in [5.74, 6) is 0.701. The molecule has 1 aromatic rings. The average molecular weight is 278 g/mol. The molecule has 1 N–H and O–H groups in total. The zero-order valence-electron chi connectivity index (χ0n) is 12.3. The summed E-state index contributed by atoms with van der Waals surface area (Å²) in [6, 6.07) is 3.02. The minimum Gasteiger partial charge on any atom is -0.369 e. The van der Waals surface area contributed by atoms with Gasteiger partial charge in [-0.15, -0.1) is 0 Å². The lowest BCUT2D eigenvalue weighted by Gasteiger charge is -2.26. The van der Waals surface area contributed by atoms with Crippen LogP contribution in [-0.4, -0.2) is 40.0 Å². The second kappa shape index (κ2) is 6.17. The molecule has 0 amide bonds. The van der Waals surface area contributed by atoms with Crippen molar-refractivity contribution in [1.82, 2.24) is 9.88 Å². The Labute approximate surface area is 119 Å². The monoisotopic (exact) mass is 278 g/mol. The molecule has 6 nitrogen and oxygen atoms in total. The summed E-state index contributed by atoms with van der Waals surface area (Å²) >= 11 is 0. The lowest BCUT2D eigenvalue weighted by atomic mass is 10.2. The summed E-state index contributed by atoms with van der Waals surface area (Å²) < 4.78 is 0. The van der Waals surface area contributed by atoms with E-state index in [4.69, 9.17) is 0 Å². The van der Waals surface area contributed by atoms with E-state index < -0.39 is 4.92 Å². The Morgan fingerprint density at radius 1 is 1.55 bits per heavy atom. The van der Waals surface area contributed by atoms with Gasteiger partial charge in [-0.1, -0.05) is 0 Å². The smallest absolute Gasteiger partial charge is 0.290 e. The third kappa shape index (κ3) is 3.66. The maximum atomic E-state index is 10.7. The van der Waals surface area contributed by atoms with Crippen LogP contribution in [0.25, 0.3) is 0 Å². The Hall–Kier alpha value is -1.69. The number of rotatable bonds is 7. The molecule has 0 aliphatic heterocycles. The van der Waals surface area contributed by atoms with Gasteiger partial charge in [0, 0.05) is 30.7 Å². The molecular formula is C14H22N4O2. The van der Waals surface area contributed by atoms with Crippen molar-refractivity contribution >= 4 is 11.5 Å². The van der Waals surface area contributed by atoms with Crippen LogP contribution in [-0.2, 0) is 0 Å². The zero-order valence-corrected chi connectivity index (χ0v) is 12.3. The molecule has 1 aliphatic rings. The van der Waals surface area contributed by atoms with Gasteiger partial charge in [-0.3, -0.25) is 15.0 Å². The molecule has 0 unspecified atom stereocenters. The maximum Gasteiger partial charge on any atom is 0.290 e. The lowest BCUT2D eigenvalue weighted by Crippen LogP contribution is -2.36. The predicted octanol–water partition coefficient (Wildman–Crippen LogP) is 2.58. The summed E-state index contributed by atoms with van der Waals surface area (Å²) in [4.78, 5) is 16.9. The van der Waals surface area contributed by atoms with Crippen LogP contribution in [0.5, 0.6) is 0 Å². The Bertz CT molecular complexity index is 484. The fourth-order valence-electron chi connectivity index (χ4n) is 2.42. The summed E-state index contributed by atoms with van der Waals surface area (Å²) in [7, 11) is 0. The topological polar surface area (TPSA) is 71.3 Å². The first kappa shape index (κ1) is 14.7. The number of nitrogens with zero attached hydrogens (tertiary/aromatic N) is 3. The van der Waals surface area contributed by atoms with Gasteiger partial charge < -0.3 is 5.32 Å². The largest absolute Gasteiger partial charge is 0.369 e. The van der Waals surface area contributed by atoms with Gasteiger partial charge in [-0.2, -0.15) is 0 Å². The van der Waals surface area contributed by atoms with Gasteiger partial charge in [0.2, 0.25) is 0 Å². The first-order valence-electron chi connectivity index (χ1n) is 7.09. The quantitative estimate of drug-likeness (QED) is 0.613. The highest BCUT2D eigenvalue weighted by Crippen LogP contribution is 2.28. The molecule has 0 aromatic carbocycles. The van der Waals surface area contributed by atoms with Gasteiger partial charge >= 0.3 is 0 Å². The Morgan fingerprint density at radius 3 is 2.75 bits per heavy atom. The van der Waals surface area contributed by atoms with E-state index in [-0.39, 0.29) is 5.69 Å². The predicted molar refractivity (Wildman–Crippen MR) is 79.0 cm³/mol. The van der Waals surface area contributed by atoms with E-state index in [2.05, 4.69) is 29.0 Å². The number of aryl methyl sites for hydroxylation is 1. The van der Waals surface area contributed by atoms with Gasteiger partial charge in [-0.25, -0.2) is 4.98 Å². The Morgan fingerprint density at radius 2 is 2.25 bits per heavy atom. The summed E-state index contributed by atoms with van der Waals surface area (Å²) in [5, 5.41) is 14.0. The van der Waals surface area contributed by atoms with Crippen LogP contribution in [0.1, 0.15) is 32.3 Å². The van der Waals surface area contributed by atoms with Crippen LogP contribution >= 0.6 is 0 Å². The van der Waals surface area contributed by atoms with Crippen molar-refractivity contribution in [2.75, 3.05) is 18.4 Å². The summed E-state index contributed by atoms with van der Waals surface area (Å²) in [6.45, 7) is 7.94. The average Bonchev–Trinajstić information content (AvgIpc) is 3.18. The number of nitro groups is 1. The lowest BCUT2D eigenvalue weighted by molar-refractivity contribution is -0.385. The molecule has 1 aliphatic carbocycles. The van der Waals surface area contributed by atoms with Crippen molar-refractivity contribution < 1.29 is 4.92 Å². The fraction of sp³-hybridized carbons (Fsp3) is 0.643. The highest BCUT2D eigenvalue weighted by atomic mass is 16.6. The van der Waals surface area contributed by atoms with E-state index in [0.717, 1.165) is 19.1 Å². The van der Waals surface area contributed by atoms with E-state index >= 15 is 0 Å². The van der Waals surface area contributed by atoms with Gasteiger partial charge in [0.15, 0.2) is 0 Å². The second-order valence-corrected chi connectivity index (χ2v) is 5.60. The number of hydrogen-bond acceptors (Lipinski definition) is 5. The first-order chi connectivity index (χ1) is 9.49. The summed E-state index contributed by atoms with van der Waals surface area (Å²) in [6.07, 6.45) is 3.92. The minimum absolute atomic E-state index is 0.0670. The van der Waals surface area contributed by atoms with Gasteiger partial charge in [0.1, 0.15) is 12.0 Å². The van der Waals surface area contributed by atoms with Crippen LogP contribution in [0.2, 0.25) is 0 Å². The third-order valence-corrected chi connectivity index (χ3v) is 3.64. The molecule has 6 heteroatoms. The second-order valence-electron chi connectivity index (χ2n) is 5.60. The third-order valence-electron chi connectivity index (χ3n) is 3.64. The zero-order chi connectivity index (χ0) is 14.7. The molecule has 0 spiro atoms. The van der Waals surface area contributed by atoms with Crippen molar-refractivity contribution in [1.29, 1.82) is 0 Å². The summed E-state index contributed by atoms with van der Waals surface area (Å²) in [5.41, 5.74) is 0.702. The molecule has 0 saturated heterocycles. The van der Waals surface area contributed by atoms with E-state index in [9.17, 15) is 10.1 Å². The molecule has 1 heterocycles. The fourth-order valence-corrected chi connectivity index (χ4v) is 2.42. The van der Waals surface area contributed by atoms with Crippen molar-refractivity contribution in [2.45, 2.75) is 45.7 Å². The number of aromatic nitrogens is 1. The van der Waals surface area contributed by atoms with Crippen molar-refractivity contribution in [2.24, 2.45) is 0 Å². The van der Waals surface area contributed by atoms with Crippen LogP contribution in [0.15, 0.2) is 12.3 Å². The number of anilines is 1. The van der Waals surface area contributed by atoms with Crippen LogP contribution < -0.4 is 5.32 Å². The number of nitrogens with one attached hydrogen (secondary N) is 1. The van der Waals surface area contributed by atoms with Crippen molar-refractivity contribution in [3.05, 3.63) is 27.9 Å². The minimum atomic E-state index is -0.403. The van der Waals surface area contributed by atoms with E-state index in [0.29, 0.717) is 17.4 Å². The molecule has 0 bridgehead atoms. The van der Waals surface area contributed by atoms with E-state index in [1.165, 1.54) is 19.0 Å². The van der Waals surface area contributed by atoms with Gasteiger partial charge in [0.25, 0.3) is 5.69 Å². The molecular weight excluding hydrogens is 256 g/mol. The standard InChI is InChI=1S/C14H22N4O2/c1-10(2)17(12-4-5-12)7-6-15-14-8-11(3)13(9-16-14)18(19)20/h8-10,12H,4-7H2,1-3H3,(H,15,16). The normalized spacial score (nSPS) is 14.8. The highest BCUT2D eigenvalue weighted by molar-refractivity contribution is 5.46. The van der Waals surface area contributed by atoms with Gasteiger partial charge in [0.05, 0.1) is 4.92 Å². The molecule has 0 radical (unpaired) electrons. The molecule has 1 aromatic heterocycles. The van der Waals surface area contributed by atoms with E-state index in [1.54, 1.807) is 13.0 Å². The SMILES string of the molecule is Cc1cc(NCCN(C(C)C)C2CC2)ncc1[N+](=O)[O-]. The van der Waals surface area contributed by atoms with Crippen LogP contribution in [0.3, 0.4) is 0 Å². The van der Waals surface area contributed by atoms with Crippen molar-refractivity contribution in [3.63, 3.8) is 0 Å². The Kier molecular flexibility index (Phi) is 4.54. The first-order valence-corrected chi connectivity index (χ1v) is 7.09. The van der Waals surface area contributed by atoms with Gasteiger partial charge in [-0.05, 0) is 39.7 Å². The molecule has 1 fully saturated rings. The maximum absolute atomic E-state index is 10.7. The highest BCUT2D eigenvalue weighted by Gasteiger charge is 2.30. The van der Waals surface area contributed by atoms with E-state index in [1.807, 2.05) is 0 Å². The molecule has 0 atom stereocenters. The number of pyridine rings is 1. The molecule has 110 valence electrons. The number of hydrogen-bond donors (Lipinski definition) is 1. The van der Waals surface area contributed by atoms with Crippen molar-refractivity contribution in [3.8, 4) is 0 Å². The Balaban J connectivity index is 1.87. The molecule has 2 rings (SSSR count). The molecule has 20 heavy (non-hydrogen) atoms. The van der Waals surface area contributed by atoms with Crippen LogP contribution in [0.4, 0.5) is 11.5 Å². The molecule has 1 saturated carbocycles.